The Morgan fingerprint density at radius 1 is 1.43 bits per heavy atom. The molecular weight excluding hydrogens is 360 g/mol. The number of Topliss-reactive ketones (excluding diaryl/α,β-unsaturated/α-hetero) is 1. The highest BCUT2D eigenvalue weighted by atomic mass is 16.5. The fraction of sp³-hybridized carbons (Fsp3) is 0.381. The van der Waals surface area contributed by atoms with Crippen molar-refractivity contribution < 1.29 is 23.5 Å². The van der Waals surface area contributed by atoms with Gasteiger partial charge in [-0.15, -0.1) is 0 Å². The molecule has 0 aromatic carbocycles. The van der Waals surface area contributed by atoms with Crippen molar-refractivity contribution in [3.05, 3.63) is 52.7 Å². The SMILES string of the molecule is Cc1cc(C(=O)COC(=O)/C(C#N)=C/c2ccco2)c(C)n1C[C@@H]1CCCO1. The fourth-order valence-electron chi connectivity index (χ4n) is 3.30. The molecule has 28 heavy (non-hydrogen) atoms. The first-order valence-corrected chi connectivity index (χ1v) is 9.13. The number of ether oxygens (including phenoxy) is 2. The van der Waals surface area contributed by atoms with Crippen LogP contribution >= 0.6 is 0 Å². The van der Waals surface area contributed by atoms with Crippen molar-refractivity contribution in [2.75, 3.05) is 13.2 Å². The van der Waals surface area contributed by atoms with Gasteiger partial charge in [-0.25, -0.2) is 4.79 Å². The minimum Gasteiger partial charge on any atom is -0.465 e. The Hall–Kier alpha value is -3.11. The second-order valence-corrected chi connectivity index (χ2v) is 6.71. The molecule has 0 amide bonds. The number of esters is 1. The number of hydrogen-bond donors (Lipinski definition) is 0. The lowest BCUT2D eigenvalue weighted by Crippen LogP contribution is -2.18. The smallest absolute Gasteiger partial charge is 0.349 e. The van der Waals surface area contributed by atoms with Gasteiger partial charge < -0.3 is 18.5 Å². The fourth-order valence-corrected chi connectivity index (χ4v) is 3.30. The molecule has 146 valence electrons. The molecule has 2 aromatic rings. The van der Waals surface area contributed by atoms with Crippen molar-refractivity contribution in [2.24, 2.45) is 0 Å². The molecular formula is C21H22N2O5. The lowest BCUT2D eigenvalue weighted by Gasteiger charge is -2.14. The van der Waals surface area contributed by atoms with E-state index in [-0.39, 0.29) is 17.5 Å². The molecule has 7 heteroatoms. The van der Waals surface area contributed by atoms with E-state index in [9.17, 15) is 9.59 Å². The predicted molar refractivity (Wildman–Crippen MR) is 100 cm³/mol. The van der Waals surface area contributed by atoms with Crippen molar-refractivity contribution in [1.29, 1.82) is 5.26 Å². The van der Waals surface area contributed by atoms with Gasteiger partial charge in [-0.2, -0.15) is 5.26 Å². The molecule has 1 atom stereocenters. The van der Waals surface area contributed by atoms with Gasteiger partial charge in [-0.1, -0.05) is 0 Å². The molecule has 0 bridgehead atoms. The van der Waals surface area contributed by atoms with E-state index in [0.717, 1.165) is 30.8 Å². The summed E-state index contributed by atoms with van der Waals surface area (Å²) in [5, 5.41) is 9.14. The molecule has 7 nitrogen and oxygen atoms in total. The van der Waals surface area contributed by atoms with Crippen LogP contribution in [0.4, 0.5) is 0 Å². The van der Waals surface area contributed by atoms with Gasteiger partial charge in [0.15, 0.2) is 6.61 Å². The van der Waals surface area contributed by atoms with E-state index < -0.39 is 12.6 Å². The van der Waals surface area contributed by atoms with Gasteiger partial charge in [0.25, 0.3) is 0 Å². The Morgan fingerprint density at radius 3 is 2.89 bits per heavy atom. The standard InChI is InChI=1S/C21H22N2O5/c1-14-9-19(15(2)23(14)12-18-6-4-8-27-18)20(24)13-28-21(25)16(11-22)10-17-5-3-7-26-17/h3,5,7,9-10,18H,4,6,8,12-13H2,1-2H3/b16-10+/t18-/m0/s1. The number of furan rings is 1. The zero-order chi connectivity index (χ0) is 20.1. The van der Waals surface area contributed by atoms with Crippen LogP contribution in [0.25, 0.3) is 6.08 Å². The molecule has 0 aliphatic carbocycles. The number of nitriles is 1. The molecule has 0 unspecified atom stereocenters. The lowest BCUT2D eigenvalue weighted by atomic mass is 10.1. The normalized spacial score (nSPS) is 16.8. The maximum absolute atomic E-state index is 12.6. The Balaban J connectivity index is 1.64. The summed E-state index contributed by atoms with van der Waals surface area (Å²) < 4.78 is 17.9. The Morgan fingerprint density at radius 2 is 2.25 bits per heavy atom. The van der Waals surface area contributed by atoms with Gasteiger partial charge in [0.05, 0.1) is 12.4 Å². The van der Waals surface area contributed by atoms with Crippen LogP contribution in [0, 0.1) is 25.2 Å². The minimum absolute atomic E-state index is 0.163. The molecule has 3 rings (SSSR count). The van der Waals surface area contributed by atoms with Crippen LogP contribution in [0.15, 0.2) is 34.5 Å². The molecule has 1 aliphatic rings. The van der Waals surface area contributed by atoms with Crippen LogP contribution in [0.1, 0.15) is 40.3 Å². The molecule has 0 radical (unpaired) electrons. The van der Waals surface area contributed by atoms with Gasteiger partial charge in [-0.3, -0.25) is 4.79 Å². The van der Waals surface area contributed by atoms with Crippen molar-refractivity contribution in [1.82, 2.24) is 4.57 Å². The highest BCUT2D eigenvalue weighted by Crippen LogP contribution is 2.21. The monoisotopic (exact) mass is 382 g/mol. The summed E-state index contributed by atoms with van der Waals surface area (Å²) in [6, 6.07) is 6.81. The van der Waals surface area contributed by atoms with Gasteiger partial charge in [-0.05, 0) is 44.9 Å². The quantitative estimate of drug-likeness (QED) is 0.316. The Kier molecular flexibility index (Phi) is 6.12. The molecule has 1 saturated heterocycles. The second-order valence-electron chi connectivity index (χ2n) is 6.71. The van der Waals surface area contributed by atoms with E-state index >= 15 is 0 Å². The Bertz CT molecular complexity index is 925. The van der Waals surface area contributed by atoms with Crippen LogP contribution in [0.5, 0.6) is 0 Å². The molecule has 1 aliphatic heterocycles. The van der Waals surface area contributed by atoms with Crippen LogP contribution in [-0.4, -0.2) is 35.6 Å². The number of carbonyl (C=O) groups is 2. The van der Waals surface area contributed by atoms with Crippen LogP contribution in [0.2, 0.25) is 0 Å². The summed E-state index contributed by atoms with van der Waals surface area (Å²) in [6.45, 7) is 4.85. The maximum Gasteiger partial charge on any atom is 0.349 e. The summed E-state index contributed by atoms with van der Waals surface area (Å²) in [4.78, 5) is 24.7. The third-order valence-corrected chi connectivity index (χ3v) is 4.79. The number of rotatable bonds is 7. The van der Waals surface area contributed by atoms with E-state index in [4.69, 9.17) is 19.2 Å². The highest BCUT2D eigenvalue weighted by Gasteiger charge is 2.22. The average molecular weight is 382 g/mol. The first kappa shape index (κ1) is 19.6. The minimum atomic E-state index is -0.861. The first-order chi connectivity index (χ1) is 13.5. The number of nitrogens with zero attached hydrogens (tertiary/aromatic N) is 2. The number of aromatic nitrogens is 1. The molecule has 3 heterocycles. The Labute approximate surface area is 163 Å². The van der Waals surface area contributed by atoms with Crippen molar-refractivity contribution >= 4 is 17.8 Å². The van der Waals surface area contributed by atoms with Crippen molar-refractivity contribution in [2.45, 2.75) is 39.3 Å². The van der Waals surface area contributed by atoms with Gasteiger partial charge in [0.1, 0.15) is 17.4 Å². The zero-order valence-electron chi connectivity index (χ0n) is 15.9. The van der Waals surface area contributed by atoms with E-state index in [0.29, 0.717) is 17.9 Å². The van der Waals surface area contributed by atoms with Crippen molar-refractivity contribution in [3.63, 3.8) is 0 Å². The molecule has 0 N–H and O–H groups in total. The van der Waals surface area contributed by atoms with E-state index in [1.54, 1.807) is 24.3 Å². The molecule has 0 spiro atoms. The second kappa shape index (κ2) is 8.72. The summed E-state index contributed by atoms with van der Waals surface area (Å²) in [6.07, 6.45) is 4.94. The third kappa shape index (κ3) is 4.41. The van der Waals surface area contributed by atoms with Gasteiger partial charge in [0.2, 0.25) is 5.78 Å². The van der Waals surface area contributed by atoms with Crippen LogP contribution in [0.3, 0.4) is 0 Å². The average Bonchev–Trinajstić information content (AvgIpc) is 3.43. The van der Waals surface area contributed by atoms with Crippen LogP contribution in [-0.2, 0) is 20.8 Å². The summed E-state index contributed by atoms with van der Waals surface area (Å²) in [5.74, 6) is -0.812. The molecule has 0 saturated carbocycles. The van der Waals surface area contributed by atoms with Crippen molar-refractivity contribution in [3.8, 4) is 6.07 Å². The molecule has 1 fully saturated rings. The van der Waals surface area contributed by atoms with Gasteiger partial charge >= 0.3 is 5.97 Å². The summed E-state index contributed by atoms with van der Waals surface area (Å²) >= 11 is 0. The zero-order valence-corrected chi connectivity index (χ0v) is 15.9. The number of carbonyl (C=O) groups excluding carboxylic acids is 2. The largest absolute Gasteiger partial charge is 0.465 e. The van der Waals surface area contributed by atoms with Gasteiger partial charge in [0, 0.05) is 36.2 Å². The summed E-state index contributed by atoms with van der Waals surface area (Å²) in [7, 11) is 0. The highest BCUT2D eigenvalue weighted by molar-refractivity contribution is 6.02. The number of ketones is 1. The summed E-state index contributed by atoms with van der Waals surface area (Å²) in [5.41, 5.74) is 2.06. The molecule has 2 aromatic heterocycles. The third-order valence-electron chi connectivity index (χ3n) is 4.79. The maximum atomic E-state index is 12.6. The number of hydrogen-bond acceptors (Lipinski definition) is 6. The predicted octanol–water partition coefficient (Wildman–Crippen LogP) is 3.21. The number of aryl methyl sites for hydroxylation is 1. The first-order valence-electron chi connectivity index (χ1n) is 9.13. The topological polar surface area (TPSA) is 94.5 Å². The van der Waals surface area contributed by atoms with E-state index in [1.807, 2.05) is 13.8 Å². The van der Waals surface area contributed by atoms with E-state index in [1.165, 1.54) is 12.3 Å². The van der Waals surface area contributed by atoms with E-state index in [2.05, 4.69) is 4.57 Å². The lowest BCUT2D eigenvalue weighted by molar-refractivity contribution is -0.137. The van der Waals surface area contributed by atoms with Crippen LogP contribution < -0.4 is 0 Å².